The van der Waals surface area contributed by atoms with Crippen molar-refractivity contribution in [1.82, 2.24) is 15.0 Å². The molecular weight excluding hydrogens is 519 g/mol. The molecule has 0 fully saturated rings. The Labute approximate surface area is 229 Å². The quantitative estimate of drug-likeness (QED) is 0.130. The van der Waals surface area contributed by atoms with Crippen LogP contribution in [0.4, 0.5) is 21.8 Å². The van der Waals surface area contributed by atoms with Gasteiger partial charge in [-0.1, -0.05) is 35.9 Å². The lowest BCUT2D eigenvalue weighted by molar-refractivity contribution is -0.137. The zero-order valence-electron chi connectivity index (χ0n) is 20.9. The topological polar surface area (TPSA) is 113 Å². The maximum absolute atomic E-state index is 13.6. The van der Waals surface area contributed by atoms with Crippen molar-refractivity contribution in [3.63, 3.8) is 0 Å². The smallest absolute Gasteiger partial charge is 0.330 e. The van der Waals surface area contributed by atoms with Crippen molar-refractivity contribution in [2.45, 2.75) is 12.8 Å². The summed E-state index contributed by atoms with van der Waals surface area (Å²) in [5, 5.41) is 10.8. The number of ether oxygens (including phenoxy) is 1. The first kappa shape index (κ1) is 27.3. The molecule has 4 aromatic rings. The number of nitrogens with zero attached hydrogens (tertiary/aromatic N) is 4. The van der Waals surface area contributed by atoms with Crippen LogP contribution >= 0.6 is 11.6 Å². The highest BCUT2D eigenvalue weighted by atomic mass is 35.5. The summed E-state index contributed by atoms with van der Waals surface area (Å²) in [6.07, 6.45) is 9.12. The Hall–Kier alpha value is -4.76. The summed E-state index contributed by atoms with van der Waals surface area (Å²) in [7, 11) is 0. The lowest BCUT2D eigenvalue weighted by atomic mass is 10.0. The van der Waals surface area contributed by atoms with Gasteiger partial charge in [-0.2, -0.15) is 4.98 Å². The first-order valence-corrected chi connectivity index (χ1v) is 12.3. The zero-order chi connectivity index (χ0) is 27.6. The number of rotatable bonds is 10. The number of aromatic nitrogens is 3. The van der Waals surface area contributed by atoms with Crippen molar-refractivity contribution in [3.05, 3.63) is 101 Å². The number of pyridine rings is 1. The van der Waals surface area contributed by atoms with E-state index in [1.807, 2.05) is 36.4 Å². The van der Waals surface area contributed by atoms with Crippen molar-refractivity contribution in [1.29, 1.82) is 5.41 Å². The van der Waals surface area contributed by atoms with Gasteiger partial charge in [0.05, 0.1) is 23.2 Å². The minimum atomic E-state index is -0.534. The van der Waals surface area contributed by atoms with Crippen LogP contribution in [0.15, 0.2) is 84.1 Å². The molecule has 0 aliphatic carbocycles. The lowest BCUT2D eigenvalue weighted by Gasteiger charge is -2.11. The number of halogens is 2. The maximum atomic E-state index is 13.6. The molecule has 2 N–H and O–H groups in total. The molecule has 4 rings (SSSR count). The summed E-state index contributed by atoms with van der Waals surface area (Å²) in [6.45, 7) is 2.04. The second-order valence-electron chi connectivity index (χ2n) is 8.12. The summed E-state index contributed by atoms with van der Waals surface area (Å²) in [6, 6.07) is 17.1. The summed E-state index contributed by atoms with van der Waals surface area (Å²) in [5.41, 5.74) is 3.31. The number of aliphatic imine (C=N–C) groups is 1. The van der Waals surface area contributed by atoms with Crippen LogP contribution in [0.2, 0.25) is 5.02 Å². The van der Waals surface area contributed by atoms with E-state index in [0.29, 0.717) is 29.4 Å². The van der Waals surface area contributed by atoms with E-state index in [1.165, 1.54) is 30.5 Å². The van der Waals surface area contributed by atoms with Crippen molar-refractivity contribution in [2.75, 3.05) is 11.9 Å². The highest BCUT2D eigenvalue weighted by Crippen LogP contribution is 2.31. The van der Waals surface area contributed by atoms with Crippen LogP contribution in [0.5, 0.6) is 0 Å². The highest BCUT2D eigenvalue weighted by molar-refractivity contribution is 6.31. The van der Waals surface area contributed by atoms with Gasteiger partial charge in [-0.25, -0.2) is 19.2 Å². The number of nitrogens with one attached hydrogen (secondary N) is 2. The van der Waals surface area contributed by atoms with Gasteiger partial charge in [-0.15, -0.1) is 0 Å². The van der Waals surface area contributed by atoms with Gasteiger partial charge in [-0.3, -0.25) is 4.98 Å². The fraction of sp³-hybridized carbons (Fsp3) is 0.103. The van der Waals surface area contributed by atoms with Crippen LogP contribution in [0, 0.1) is 11.2 Å². The van der Waals surface area contributed by atoms with E-state index >= 15 is 0 Å². The van der Waals surface area contributed by atoms with Crippen molar-refractivity contribution in [2.24, 2.45) is 4.99 Å². The normalized spacial score (nSPS) is 12.0. The van der Waals surface area contributed by atoms with Gasteiger partial charge < -0.3 is 15.5 Å². The first-order valence-electron chi connectivity index (χ1n) is 12.0. The molecule has 10 heteroatoms. The molecule has 2 aromatic carbocycles. The van der Waals surface area contributed by atoms with Crippen LogP contribution < -0.4 is 5.32 Å². The maximum Gasteiger partial charge on any atom is 0.330 e. The summed E-state index contributed by atoms with van der Waals surface area (Å²) in [5.74, 6) is -0.890. The number of esters is 1. The minimum absolute atomic E-state index is 0.0354. The Morgan fingerprint density at radius 3 is 2.79 bits per heavy atom. The standard InChI is InChI=1S/C29H24ClFN6O2/c1-2-39-27(38)12-9-19-6-5-7-20(14-19)23-18-35-29(36-22-10-11-25(31)24(30)15-22)37-28(23)34-17-21(16-32)26-8-3-4-13-33-26/h3-18,21,32H,2H2,1H3,(H,35,36,37)/b12-9+,32-16?,34-17?. The van der Waals surface area contributed by atoms with Gasteiger partial charge in [0.15, 0.2) is 5.82 Å². The Morgan fingerprint density at radius 1 is 1.18 bits per heavy atom. The molecule has 1 atom stereocenters. The van der Waals surface area contributed by atoms with Crippen LogP contribution in [0.1, 0.15) is 24.1 Å². The molecule has 0 aliphatic rings. The average molecular weight is 543 g/mol. The highest BCUT2D eigenvalue weighted by Gasteiger charge is 2.12. The lowest BCUT2D eigenvalue weighted by Crippen LogP contribution is -2.04. The molecule has 0 spiro atoms. The predicted molar refractivity (Wildman–Crippen MR) is 152 cm³/mol. The van der Waals surface area contributed by atoms with E-state index in [9.17, 15) is 9.18 Å². The molecule has 1 unspecified atom stereocenters. The molecule has 0 radical (unpaired) electrons. The third-order valence-corrected chi connectivity index (χ3v) is 5.70. The van der Waals surface area contributed by atoms with E-state index < -0.39 is 17.7 Å². The number of carbonyl (C=O) groups excluding carboxylic acids is 1. The summed E-state index contributed by atoms with van der Waals surface area (Å²) in [4.78, 5) is 29.7. The molecule has 2 aromatic heterocycles. The third-order valence-electron chi connectivity index (χ3n) is 5.41. The Balaban J connectivity index is 1.72. The Bertz CT molecular complexity index is 1530. The van der Waals surface area contributed by atoms with Crippen LogP contribution in [0.25, 0.3) is 17.2 Å². The molecule has 0 bridgehead atoms. The molecule has 39 heavy (non-hydrogen) atoms. The largest absolute Gasteiger partial charge is 0.463 e. The fourth-order valence-corrected chi connectivity index (χ4v) is 3.71. The van der Waals surface area contributed by atoms with Crippen molar-refractivity contribution < 1.29 is 13.9 Å². The molecule has 0 aliphatic heterocycles. The predicted octanol–water partition coefficient (Wildman–Crippen LogP) is 6.79. The molecule has 0 saturated heterocycles. The molecule has 0 saturated carbocycles. The first-order chi connectivity index (χ1) is 19.0. The number of hydrogen-bond acceptors (Lipinski definition) is 8. The van der Waals surface area contributed by atoms with Gasteiger partial charge >= 0.3 is 5.97 Å². The monoisotopic (exact) mass is 542 g/mol. The molecule has 0 amide bonds. The SMILES string of the molecule is CCOC(=O)/C=C/c1cccc(-c2cnc(Nc3ccc(F)c(Cl)c3)nc2N=CC(C=N)c2ccccn2)c1. The van der Waals surface area contributed by atoms with Gasteiger partial charge in [0.25, 0.3) is 0 Å². The second-order valence-corrected chi connectivity index (χ2v) is 8.53. The Morgan fingerprint density at radius 2 is 2.05 bits per heavy atom. The number of hydrogen-bond donors (Lipinski definition) is 2. The molecule has 2 heterocycles. The van der Waals surface area contributed by atoms with Crippen LogP contribution in [-0.4, -0.2) is 40.0 Å². The van der Waals surface area contributed by atoms with Gasteiger partial charge in [-0.05, 0) is 60.5 Å². The third kappa shape index (κ3) is 7.39. The second kappa shape index (κ2) is 13.2. The summed E-state index contributed by atoms with van der Waals surface area (Å²) < 4.78 is 18.5. The van der Waals surface area contributed by atoms with Crippen LogP contribution in [-0.2, 0) is 9.53 Å². The number of benzene rings is 2. The van der Waals surface area contributed by atoms with Crippen molar-refractivity contribution >= 4 is 53.5 Å². The van der Waals surface area contributed by atoms with E-state index in [-0.39, 0.29) is 11.0 Å². The van der Waals surface area contributed by atoms with E-state index in [0.717, 1.165) is 11.1 Å². The van der Waals surface area contributed by atoms with Gasteiger partial charge in [0.1, 0.15) is 5.82 Å². The Kier molecular flexibility index (Phi) is 9.20. The fourth-order valence-electron chi connectivity index (χ4n) is 3.53. The van der Waals surface area contributed by atoms with E-state index in [1.54, 1.807) is 37.7 Å². The zero-order valence-corrected chi connectivity index (χ0v) is 21.6. The van der Waals surface area contributed by atoms with E-state index in [4.69, 9.17) is 21.7 Å². The molecular formula is C29H24ClFN6O2. The molecule has 196 valence electrons. The van der Waals surface area contributed by atoms with Gasteiger partial charge in [0, 0.05) is 42.1 Å². The van der Waals surface area contributed by atoms with Gasteiger partial charge in [0.2, 0.25) is 5.95 Å². The van der Waals surface area contributed by atoms with E-state index in [2.05, 4.69) is 25.3 Å². The molecule has 8 nitrogen and oxygen atoms in total. The van der Waals surface area contributed by atoms with Crippen molar-refractivity contribution in [3.8, 4) is 11.1 Å². The summed E-state index contributed by atoms with van der Waals surface area (Å²) >= 11 is 5.91. The minimum Gasteiger partial charge on any atom is -0.463 e. The number of anilines is 2. The van der Waals surface area contributed by atoms with Crippen LogP contribution in [0.3, 0.4) is 0 Å². The average Bonchev–Trinajstić information content (AvgIpc) is 2.95. The number of carbonyl (C=O) groups is 1.